The zero-order valence-corrected chi connectivity index (χ0v) is 12.4. The smallest absolute Gasteiger partial charge is 0.382 e. The lowest BCUT2D eigenvalue weighted by molar-refractivity contribution is -0.118. The molecule has 3 heterocycles. The van der Waals surface area contributed by atoms with Crippen LogP contribution in [0.2, 0.25) is 5.15 Å². The van der Waals surface area contributed by atoms with E-state index in [4.69, 9.17) is 17.3 Å². The van der Waals surface area contributed by atoms with Crippen LogP contribution in [0.15, 0.2) is 36.8 Å². The minimum absolute atomic E-state index is 0.197. The standard InChI is InChI=1S/C14H11ClF3N5/c15-11-2-1-8(5-21-11)23(7-14(16,17)18)10-6-22-13(19)12-9(10)3-4-20-12/h1-6,20H,7H2,(H2,19,22). The van der Waals surface area contributed by atoms with Crippen LogP contribution >= 0.6 is 11.6 Å². The molecule has 23 heavy (non-hydrogen) atoms. The fourth-order valence-electron chi connectivity index (χ4n) is 2.30. The van der Waals surface area contributed by atoms with Gasteiger partial charge in [-0.15, -0.1) is 0 Å². The Morgan fingerprint density at radius 1 is 1.17 bits per heavy atom. The summed E-state index contributed by atoms with van der Waals surface area (Å²) in [6.07, 6.45) is -0.226. The van der Waals surface area contributed by atoms with E-state index in [0.717, 1.165) is 4.90 Å². The lowest BCUT2D eigenvalue weighted by Crippen LogP contribution is -2.30. The molecule has 0 saturated heterocycles. The molecule has 120 valence electrons. The number of aromatic nitrogens is 3. The fourth-order valence-corrected chi connectivity index (χ4v) is 2.41. The summed E-state index contributed by atoms with van der Waals surface area (Å²) in [5.41, 5.74) is 6.75. The third-order valence-electron chi connectivity index (χ3n) is 3.26. The number of H-pyrrole nitrogens is 1. The number of nitrogens with zero attached hydrogens (tertiary/aromatic N) is 3. The van der Waals surface area contributed by atoms with Gasteiger partial charge in [0, 0.05) is 11.6 Å². The number of nitrogen functional groups attached to an aromatic ring is 1. The highest BCUT2D eigenvalue weighted by atomic mass is 35.5. The first-order valence-corrected chi connectivity index (χ1v) is 6.90. The number of aromatic amines is 1. The van der Waals surface area contributed by atoms with Crippen LogP contribution in [0, 0.1) is 0 Å². The second-order valence-electron chi connectivity index (χ2n) is 4.84. The molecular weight excluding hydrogens is 331 g/mol. The SMILES string of the molecule is Nc1ncc(N(CC(F)(F)F)c2ccc(Cl)nc2)c2cc[nH]c12. The first-order chi connectivity index (χ1) is 10.8. The maximum atomic E-state index is 13.0. The molecule has 0 bridgehead atoms. The first-order valence-electron chi connectivity index (χ1n) is 6.52. The highest BCUT2D eigenvalue weighted by molar-refractivity contribution is 6.29. The fraction of sp³-hybridized carbons (Fsp3) is 0.143. The van der Waals surface area contributed by atoms with Crippen LogP contribution < -0.4 is 10.6 Å². The van der Waals surface area contributed by atoms with Crippen molar-refractivity contribution in [3.63, 3.8) is 0 Å². The number of hydrogen-bond acceptors (Lipinski definition) is 4. The van der Waals surface area contributed by atoms with E-state index in [0.29, 0.717) is 10.9 Å². The number of rotatable bonds is 3. The molecule has 0 aliphatic heterocycles. The third kappa shape index (κ3) is 3.16. The zero-order chi connectivity index (χ0) is 16.6. The van der Waals surface area contributed by atoms with Crippen molar-refractivity contribution >= 4 is 39.7 Å². The van der Waals surface area contributed by atoms with Gasteiger partial charge in [0.15, 0.2) is 0 Å². The summed E-state index contributed by atoms with van der Waals surface area (Å²) >= 11 is 5.71. The molecular formula is C14H11ClF3N5. The van der Waals surface area contributed by atoms with Gasteiger partial charge in [-0.25, -0.2) is 9.97 Å². The maximum absolute atomic E-state index is 13.0. The minimum atomic E-state index is -4.41. The number of nitrogens with one attached hydrogen (secondary N) is 1. The number of fused-ring (bicyclic) bond motifs is 1. The van der Waals surface area contributed by atoms with Crippen LogP contribution in [-0.4, -0.2) is 27.7 Å². The molecule has 0 radical (unpaired) electrons. The quantitative estimate of drug-likeness (QED) is 0.709. The van der Waals surface area contributed by atoms with Gasteiger partial charge in [-0.05, 0) is 18.2 Å². The molecule has 3 N–H and O–H groups in total. The highest BCUT2D eigenvalue weighted by Gasteiger charge is 2.32. The number of nitrogens with two attached hydrogens (primary N) is 1. The van der Waals surface area contributed by atoms with Gasteiger partial charge >= 0.3 is 6.18 Å². The Hall–Kier alpha value is -2.48. The third-order valence-corrected chi connectivity index (χ3v) is 3.48. The van der Waals surface area contributed by atoms with Crippen molar-refractivity contribution in [1.82, 2.24) is 15.0 Å². The van der Waals surface area contributed by atoms with E-state index in [2.05, 4.69) is 15.0 Å². The average Bonchev–Trinajstić information content (AvgIpc) is 2.96. The van der Waals surface area contributed by atoms with Gasteiger partial charge < -0.3 is 15.6 Å². The van der Waals surface area contributed by atoms with E-state index in [9.17, 15) is 13.2 Å². The number of hydrogen-bond donors (Lipinski definition) is 2. The molecule has 9 heteroatoms. The Labute approximate surface area is 133 Å². The molecule has 0 aliphatic rings. The molecule has 0 fully saturated rings. The zero-order valence-electron chi connectivity index (χ0n) is 11.6. The number of anilines is 3. The number of alkyl halides is 3. The number of pyridine rings is 2. The van der Waals surface area contributed by atoms with Crippen LogP contribution in [0.5, 0.6) is 0 Å². The Bertz CT molecular complexity index is 829. The van der Waals surface area contributed by atoms with E-state index >= 15 is 0 Å². The van der Waals surface area contributed by atoms with Crippen LogP contribution in [0.25, 0.3) is 10.9 Å². The Morgan fingerprint density at radius 3 is 2.61 bits per heavy atom. The van der Waals surface area contributed by atoms with Crippen molar-refractivity contribution in [2.75, 3.05) is 17.2 Å². The van der Waals surface area contributed by atoms with Crippen LogP contribution in [0.1, 0.15) is 0 Å². The normalized spacial score (nSPS) is 11.8. The van der Waals surface area contributed by atoms with Gasteiger partial charge in [0.1, 0.15) is 17.5 Å². The van der Waals surface area contributed by atoms with Crippen molar-refractivity contribution in [3.8, 4) is 0 Å². The number of halogens is 4. The Balaban J connectivity index is 2.15. The lowest BCUT2D eigenvalue weighted by atomic mass is 10.2. The summed E-state index contributed by atoms with van der Waals surface area (Å²) < 4.78 is 39.1. The van der Waals surface area contributed by atoms with Crippen molar-refractivity contribution < 1.29 is 13.2 Å². The summed E-state index contributed by atoms with van der Waals surface area (Å²) in [4.78, 5) is 11.8. The van der Waals surface area contributed by atoms with Crippen molar-refractivity contribution in [2.45, 2.75) is 6.18 Å². The van der Waals surface area contributed by atoms with Crippen LogP contribution in [0.3, 0.4) is 0 Å². The molecule has 3 rings (SSSR count). The topological polar surface area (TPSA) is 70.8 Å². The summed E-state index contributed by atoms with van der Waals surface area (Å²) in [5, 5.41) is 0.736. The lowest BCUT2D eigenvalue weighted by Gasteiger charge is -2.26. The molecule has 0 amide bonds. The van der Waals surface area contributed by atoms with Gasteiger partial charge in [0.05, 0.1) is 29.3 Å². The van der Waals surface area contributed by atoms with E-state index in [1.807, 2.05) is 0 Å². The monoisotopic (exact) mass is 341 g/mol. The largest absolute Gasteiger partial charge is 0.406 e. The highest BCUT2D eigenvalue weighted by Crippen LogP contribution is 2.35. The Kier molecular flexibility index (Phi) is 3.77. The molecule has 3 aromatic heterocycles. The van der Waals surface area contributed by atoms with Crippen LogP contribution in [-0.2, 0) is 0 Å². The van der Waals surface area contributed by atoms with Gasteiger partial charge in [0.2, 0.25) is 0 Å². The van der Waals surface area contributed by atoms with E-state index < -0.39 is 12.7 Å². The predicted molar refractivity (Wildman–Crippen MR) is 82.8 cm³/mol. The molecule has 3 aromatic rings. The molecule has 0 spiro atoms. The van der Waals surface area contributed by atoms with Crippen molar-refractivity contribution in [2.24, 2.45) is 0 Å². The molecule has 0 aromatic carbocycles. The Morgan fingerprint density at radius 2 is 1.96 bits per heavy atom. The van der Waals surface area contributed by atoms with E-state index in [-0.39, 0.29) is 22.3 Å². The predicted octanol–water partition coefficient (Wildman–Crippen LogP) is 3.89. The maximum Gasteiger partial charge on any atom is 0.406 e. The van der Waals surface area contributed by atoms with Crippen molar-refractivity contribution in [1.29, 1.82) is 0 Å². The summed E-state index contributed by atoms with van der Waals surface area (Å²) in [6, 6.07) is 4.55. The second kappa shape index (κ2) is 5.62. The van der Waals surface area contributed by atoms with E-state index in [1.165, 1.54) is 24.5 Å². The molecule has 0 atom stereocenters. The summed E-state index contributed by atoms with van der Waals surface area (Å²) in [6.45, 7) is -1.19. The minimum Gasteiger partial charge on any atom is -0.382 e. The van der Waals surface area contributed by atoms with Gasteiger partial charge in [-0.3, -0.25) is 0 Å². The molecule has 0 saturated carbocycles. The van der Waals surface area contributed by atoms with Crippen LogP contribution in [0.4, 0.5) is 30.4 Å². The molecule has 0 aliphatic carbocycles. The molecule has 0 unspecified atom stereocenters. The molecule has 5 nitrogen and oxygen atoms in total. The first kappa shape index (κ1) is 15.4. The van der Waals surface area contributed by atoms with Gasteiger partial charge in [-0.1, -0.05) is 11.6 Å². The summed E-state index contributed by atoms with van der Waals surface area (Å²) in [5.74, 6) is 0.218. The van der Waals surface area contributed by atoms with E-state index in [1.54, 1.807) is 12.3 Å². The second-order valence-corrected chi connectivity index (χ2v) is 5.22. The average molecular weight is 342 g/mol. The van der Waals surface area contributed by atoms with Gasteiger partial charge in [0.25, 0.3) is 0 Å². The summed E-state index contributed by atoms with van der Waals surface area (Å²) in [7, 11) is 0. The van der Waals surface area contributed by atoms with Crippen molar-refractivity contribution in [3.05, 3.63) is 41.9 Å². The van der Waals surface area contributed by atoms with Gasteiger partial charge in [-0.2, -0.15) is 13.2 Å².